The van der Waals surface area contributed by atoms with E-state index in [1.807, 2.05) is 13.1 Å². The first kappa shape index (κ1) is 14.4. The van der Waals surface area contributed by atoms with E-state index in [4.69, 9.17) is 4.74 Å². The van der Waals surface area contributed by atoms with Gasteiger partial charge in [-0.25, -0.2) is 0 Å². The molecule has 0 aliphatic rings. The molecule has 0 radical (unpaired) electrons. The Hall–Kier alpha value is -2.49. The number of aryl methyl sites for hydroxylation is 1. The maximum atomic E-state index is 12.0. The van der Waals surface area contributed by atoms with Gasteiger partial charge in [-0.2, -0.15) is 0 Å². The Balaban J connectivity index is 1.86. The fourth-order valence-corrected chi connectivity index (χ4v) is 2.56. The third-order valence-corrected chi connectivity index (χ3v) is 3.67. The monoisotopic (exact) mass is 296 g/mol. The lowest BCUT2D eigenvalue weighted by atomic mass is 10.2. The lowest BCUT2D eigenvalue weighted by molar-refractivity contribution is 0.313. The van der Waals surface area contributed by atoms with Gasteiger partial charge in [-0.3, -0.25) is 4.79 Å². The van der Waals surface area contributed by atoms with E-state index in [1.165, 1.54) is 10.9 Å². The number of hydrogen-bond acceptors (Lipinski definition) is 2. The van der Waals surface area contributed by atoms with Crippen LogP contribution in [0.5, 0.6) is 5.75 Å². The standard InChI is InChI=1S/C18H20N2O2/c1-3-8-22-18-11-19-15(10-17(18)21)12-20-7-6-14-9-13(2)4-5-16(14)20/h4-7,9-11H,3,8,12H2,1-2H3,(H,19,21). The number of hydrogen-bond donors (Lipinski definition) is 1. The van der Waals surface area contributed by atoms with Gasteiger partial charge >= 0.3 is 0 Å². The number of rotatable bonds is 5. The number of H-pyrrole nitrogens is 1. The summed E-state index contributed by atoms with van der Waals surface area (Å²) in [5, 5.41) is 1.21. The number of nitrogens with one attached hydrogen (secondary N) is 1. The van der Waals surface area contributed by atoms with E-state index in [0.29, 0.717) is 18.9 Å². The van der Waals surface area contributed by atoms with Gasteiger partial charge in [0.15, 0.2) is 5.75 Å². The number of aromatic amines is 1. The fraction of sp³-hybridized carbons (Fsp3) is 0.278. The Kier molecular flexibility index (Phi) is 4.00. The third-order valence-electron chi connectivity index (χ3n) is 3.67. The van der Waals surface area contributed by atoms with Crippen LogP contribution in [0.1, 0.15) is 24.6 Å². The van der Waals surface area contributed by atoms with Gasteiger partial charge in [-0.15, -0.1) is 0 Å². The first-order valence-electron chi connectivity index (χ1n) is 7.57. The minimum absolute atomic E-state index is 0.0745. The number of benzene rings is 1. The molecule has 0 unspecified atom stereocenters. The summed E-state index contributed by atoms with van der Waals surface area (Å²) in [5.74, 6) is 0.388. The van der Waals surface area contributed by atoms with E-state index in [9.17, 15) is 4.79 Å². The summed E-state index contributed by atoms with van der Waals surface area (Å²) in [4.78, 5) is 15.2. The number of aromatic nitrogens is 2. The van der Waals surface area contributed by atoms with Crippen molar-refractivity contribution in [1.82, 2.24) is 9.55 Å². The summed E-state index contributed by atoms with van der Waals surface area (Å²) >= 11 is 0. The molecule has 114 valence electrons. The van der Waals surface area contributed by atoms with Gasteiger partial charge in [0.1, 0.15) is 0 Å². The average molecular weight is 296 g/mol. The highest BCUT2D eigenvalue weighted by molar-refractivity contribution is 5.80. The van der Waals surface area contributed by atoms with Crippen LogP contribution in [0.25, 0.3) is 10.9 Å². The maximum absolute atomic E-state index is 12.0. The van der Waals surface area contributed by atoms with Gasteiger partial charge in [0.05, 0.1) is 13.2 Å². The van der Waals surface area contributed by atoms with Crippen molar-refractivity contribution in [2.45, 2.75) is 26.8 Å². The number of nitrogens with zero attached hydrogens (tertiary/aromatic N) is 1. The summed E-state index contributed by atoms with van der Waals surface area (Å²) in [6, 6.07) is 10.1. The topological polar surface area (TPSA) is 47.0 Å². The lowest BCUT2D eigenvalue weighted by Crippen LogP contribution is -2.11. The van der Waals surface area contributed by atoms with Crippen LogP contribution in [0.15, 0.2) is 47.5 Å². The van der Waals surface area contributed by atoms with E-state index in [2.05, 4.69) is 40.7 Å². The van der Waals surface area contributed by atoms with E-state index in [1.54, 1.807) is 12.3 Å². The summed E-state index contributed by atoms with van der Waals surface area (Å²) in [7, 11) is 0. The van der Waals surface area contributed by atoms with Crippen molar-refractivity contribution in [3.63, 3.8) is 0 Å². The second-order valence-electron chi connectivity index (χ2n) is 5.54. The highest BCUT2D eigenvalue weighted by atomic mass is 16.5. The molecule has 2 aromatic heterocycles. The first-order chi connectivity index (χ1) is 10.7. The predicted molar refractivity (Wildman–Crippen MR) is 88.6 cm³/mol. The quantitative estimate of drug-likeness (QED) is 0.783. The van der Waals surface area contributed by atoms with Crippen molar-refractivity contribution >= 4 is 10.9 Å². The second kappa shape index (κ2) is 6.10. The highest BCUT2D eigenvalue weighted by Crippen LogP contribution is 2.18. The Labute approximate surface area is 129 Å². The molecule has 4 heteroatoms. The van der Waals surface area contributed by atoms with E-state index in [0.717, 1.165) is 17.6 Å². The molecule has 0 aliphatic heterocycles. The predicted octanol–water partition coefficient (Wildman–Crippen LogP) is 3.48. The molecule has 3 rings (SSSR count). The lowest BCUT2D eigenvalue weighted by Gasteiger charge is -2.08. The van der Waals surface area contributed by atoms with Crippen LogP contribution in [0.3, 0.4) is 0 Å². The molecule has 0 amide bonds. The van der Waals surface area contributed by atoms with Crippen LogP contribution in [0.2, 0.25) is 0 Å². The molecule has 0 spiro atoms. The minimum Gasteiger partial charge on any atom is -0.488 e. The van der Waals surface area contributed by atoms with E-state index < -0.39 is 0 Å². The highest BCUT2D eigenvalue weighted by Gasteiger charge is 2.05. The van der Waals surface area contributed by atoms with E-state index in [-0.39, 0.29) is 5.43 Å². The molecule has 0 bridgehead atoms. The van der Waals surface area contributed by atoms with Crippen LogP contribution in [-0.4, -0.2) is 16.2 Å². The second-order valence-corrected chi connectivity index (χ2v) is 5.54. The van der Waals surface area contributed by atoms with Crippen molar-refractivity contribution in [3.05, 3.63) is 64.2 Å². The molecule has 2 heterocycles. The normalized spacial score (nSPS) is 11.0. The first-order valence-corrected chi connectivity index (χ1v) is 7.57. The molecule has 1 N–H and O–H groups in total. The Morgan fingerprint density at radius 1 is 1.23 bits per heavy atom. The number of ether oxygens (including phenoxy) is 1. The smallest absolute Gasteiger partial charge is 0.223 e. The zero-order valence-electron chi connectivity index (χ0n) is 12.9. The fourth-order valence-electron chi connectivity index (χ4n) is 2.56. The Bertz CT molecular complexity index is 846. The molecule has 4 nitrogen and oxygen atoms in total. The molecule has 0 aliphatic carbocycles. The Morgan fingerprint density at radius 3 is 2.86 bits per heavy atom. The van der Waals surface area contributed by atoms with Crippen molar-refractivity contribution < 1.29 is 4.74 Å². The summed E-state index contributed by atoms with van der Waals surface area (Å²) in [6.45, 7) is 5.30. The van der Waals surface area contributed by atoms with Crippen molar-refractivity contribution in [2.75, 3.05) is 6.61 Å². The summed E-state index contributed by atoms with van der Waals surface area (Å²) in [5.41, 5.74) is 3.20. The van der Waals surface area contributed by atoms with Gasteiger partial charge in [0, 0.05) is 29.7 Å². The van der Waals surface area contributed by atoms with Gasteiger partial charge in [-0.1, -0.05) is 18.6 Å². The molecular formula is C18H20N2O2. The molecule has 3 aromatic rings. The largest absolute Gasteiger partial charge is 0.488 e. The number of pyridine rings is 1. The molecule has 0 saturated heterocycles. The molecule has 0 fully saturated rings. The summed E-state index contributed by atoms with van der Waals surface area (Å²) < 4.78 is 7.54. The van der Waals surface area contributed by atoms with Gasteiger partial charge < -0.3 is 14.3 Å². The van der Waals surface area contributed by atoms with Crippen LogP contribution in [0.4, 0.5) is 0 Å². The maximum Gasteiger partial charge on any atom is 0.223 e. The van der Waals surface area contributed by atoms with Crippen LogP contribution < -0.4 is 10.2 Å². The van der Waals surface area contributed by atoms with Crippen molar-refractivity contribution in [1.29, 1.82) is 0 Å². The molecule has 0 atom stereocenters. The Morgan fingerprint density at radius 2 is 2.09 bits per heavy atom. The van der Waals surface area contributed by atoms with Gasteiger partial charge in [0.2, 0.25) is 5.43 Å². The van der Waals surface area contributed by atoms with E-state index >= 15 is 0 Å². The summed E-state index contributed by atoms with van der Waals surface area (Å²) in [6.07, 6.45) is 4.59. The molecule has 22 heavy (non-hydrogen) atoms. The molecule has 1 aromatic carbocycles. The van der Waals surface area contributed by atoms with Crippen LogP contribution in [0, 0.1) is 6.92 Å². The van der Waals surface area contributed by atoms with Crippen LogP contribution >= 0.6 is 0 Å². The third kappa shape index (κ3) is 2.91. The zero-order chi connectivity index (χ0) is 15.5. The molecular weight excluding hydrogens is 276 g/mol. The zero-order valence-corrected chi connectivity index (χ0v) is 12.9. The molecule has 0 saturated carbocycles. The van der Waals surface area contributed by atoms with Gasteiger partial charge in [0.25, 0.3) is 0 Å². The number of fused-ring (bicyclic) bond motifs is 1. The van der Waals surface area contributed by atoms with Crippen molar-refractivity contribution in [3.8, 4) is 5.75 Å². The SMILES string of the molecule is CCCOc1c[nH]c(Cn2ccc3cc(C)ccc32)cc1=O. The van der Waals surface area contributed by atoms with Gasteiger partial charge in [-0.05, 0) is 36.9 Å². The van der Waals surface area contributed by atoms with Crippen molar-refractivity contribution in [2.24, 2.45) is 0 Å². The van der Waals surface area contributed by atoms with Crippen LogP contribution in [-0.2, 0) is 6.54 Å². The minimum atomic E-state index is -0.0745. The average Bonchev–Trinajstić information content (AvgIpc) is 2.88.